The van der Waals surface area contributed by atoms with Gasteiger partial charge in [0.15, 0.2) is 0 Å². The lowest BCUT2D eigenvalue weighted by molar-refractivity contribution is 0.731. The van der Waals surface area contributed by atoms with Crippen molar-refractivity contribution in [2.24, 2.45) is 4.99 Å². The van der Waals surface area contributed by atoms with Crippen LogP contribution in [0.1, 0.15) is 25.0 Å². The Kier molecular flexibility index (Phi) is 2.92. The minimum atomic E-state index is 0.443. The first kappa shape index (κ1) is 9.78. The summed E-state index contributed by atoms with van der Waals surface area (Å²) in [6, 6.07) is 9.06. The Balaban J connectivity index is 2.39. The quantitative estimate of drug-likeness (QED) is 0.686. The van der Waals surface area contributed by atoms with Crippen LogP contribution in [0.4, 0.5) is 0 Å². The molecule has 0 fully saturated rings. The Morgan fingerprint density at radius 1 is 1.43 bits per heavy atom. The van der Waals surface area contributed by atoms with Crippen LogP contribution in [0.3, 0.4) is 0 Å². The highest BCUT2D eigenvalue weighted by molar-refractivity contribution is 8.14. The zero-order valence-electron chi connectivity index (χ0n) is 8.66. The molecule has 1 unspecified atom stereocenters. The van der Waals surface area contributed by atoms with Crippen molar-refractivity contribution in [3.05, 3.63) is 35.4 Å². The molecule has 1 aromatic rings. The van der Waals surface area contributed by atoms with E-state index in [2.05, 4.69) is 38.1 Å². The number of hydrogen-bond donors (Lipinski definition) is 0. The van der Waals surface area contributed by atoms with Crippen molar-refractivity contribution in [2.75, 3.05) is 5.75 Å². The van der Waals surface area contributed by atoms with Crippen LogP contribution >= 0.6 is 11.8 Å². The average Bonchev–Trinajstić information content (AvgIpc) is 2.18. The Bertz CT molecular complexity index is 357. The normalized spacial score (nSPS) is 20.1. The number of thioether (sulfide) groups is 1. The fourth-order valence-corrected chi connectivity index (χ4v) is 2.67. The van der Waals surface area contributed by atoms with E-state index in [-0.39, 0.29) is 0 Å². The topological polar surface area (TPSA) is 12.4 Å². The number of nitrogens with zero attached hydrogens (tertiary/aromatic N) is 1. The summed E-state index contributed by atoms with van der Waals surface area (Å²) in [5.74, 6) is 1.10. The molecule has 1 aromatic carbocycles. The fourth-order valence-electron chi connectivity index (χ4n) is 1.79. The van der Waals surface area contributed by atoms with Crippen LogP contribution in [0.2, 0.25) is 0 Å². The van der Waals surface area contributed by atoms with Crippen molar-refractivity contribution in [2.45, 2.75) is 26.3 Å². The van der Waals surface area contributed by atoms with Gasteiger partial charge in [-0.2, -0.15) is 0 Å². The van der Waals surface area contributed by atoms with E-state index in [1.165, 1.54) is 16.2 Å². The SMILES string of the molecule is CCSC1=NC(C)Cc2ccccc21. The molecular weight excluding hydrogens is 190 g/mol. The molecule has 0 saturated carbocycles. The van der Waals surface area contributed by atoms with Crippen LogP contribution in [-0.2, 0) is 6.42 Å². The number of rotatable bonds is 1. The van der Waals surface area contributed by atoms with Gasteiger partial charge >= 0.3 is 0 Å². The van der Waals surface area contributed by atoms with Gasteiger partial charge in [-0.05, 0) is 24.7 Å². The molecule has 0 saturated heterocycles. The van der Waals surface area contributed by atoms with Gasteiger partial charge < -0.3 is 0 Å². The highest BCUT2D eigenvalue weighted by Crippen LogP contribution is 2.24. The number of benzene rings is 1. The van der Waals surface area contributed by atoms with Crippen LogP contribution < -0.4 is 0 Å². The Hall–Kier alpha value is -0.760. The van der Waals surface area contributed by atoms with Crippen molar-refractivity contribution < 1.29 is 0 Å². The van der Waals surface area contributed by atoms with Gasteiger partial charge in [0.05, 0.1) is 11.1 Å². The predicted molar refractivity (Wildman–Crippen MR) is 64.3 cm³/mol. The maximum atomic E-state index is 4.69. The molecule has 14 heavy (non-hydrogen) atoms. The number of hydrogen-bond acceptors (Lipinski definition) is 2. The standard InChI is InChI=1S/C12H15NS/c1-3-14-12-11-7-5-4-6-10(11)8-9(2)13-12/h4-7,9H,3,8H2,1-2H3. The fraction of sp³-hybridized carbons (Fsp3) is 0.417. The molecule has 0 spiro atoms. The van der Waals surface area contributed by atoms with Crippen molar-refractivity contribution in [1.82, 2.24) is 0 Å². The van der Waals surface area contributed by atoms with Gasteiger partial charge in [0, 0.05) is 5.56 Å². The smallest absolute Gasteiger partial charge is 0.0982 e. The predicted octanol–water partition coefficient (Wildman–Crippen LogP) is 3.13. The van der Waals surface area contributed by atoms with Gasteiger partial charge in [-0.1, -0.05) is 31.2 Å². The van der Waals surface area contributed by atoms with E-state index in [1.807, 2.05) is 11.8 Å². The van der Waals surface area contributed by atoms with Crippen molar-refractivity contribution in [3.63, 3.8) is 0 Å². The Morgan fingerprint density at radius 2 is 2.21 bits per heavy atom. The Labute approximate surface area is 89.6 Å². The average molecular weight is 205 g/mol. The first-order valence-corrected chi connectivity index (χ1v) is 6.08. The maximum absolute atomic E-state index is 4.69. The molecule has 0 N–H and O–H groups in total. The van der Waals surface area contributed by atoms with E-state index in [4.69, 9.17) is 4.99 Å². The molecule has 0 aromatic heterocycles. The summed E-state index contributed by atoms with van der Waals surface area (Å²) >= 11 is 1.85. The van der Waals surface area contributed by atoms with Gasteiger partial charge in [0.1, 0.15) is 0 Å². The van der Waals surface area contributed by atoms with Crippen LogP contribution in [0, 0.1) is 0 Å². The molecule has 2 heteroatoms. The lowest BCUT2D eigenvalue weighted by Crippen LogP contribution is -2.16. The molecule has 1 aliphatic rings. The van der Waals surface area contributed by atoms with Crippen LogP contribution in [0.5, 0.6) is 0 Å². The molecule has 74 valence electrons. The third-order valence-electron chi connectivity index (χ3n) is 2.38. The van der Waals surface area contributed by atoms with E-state index in [1.54, 1.807) is 0 Å². The number of fused-ring (bicyclic) bond motifs is 1. The van der Waals surface area contributed by atoms with E-state index in [0.717, 1.165) is 12.2 Å². The zero-order chi connectivity index (χ0) is 9.97. The third-order valence-corrected chi connectivity index (χ3v) is 3.27. The van der Waals surface area contributed by atoms with Crippen molar-refractivity contribution in [3.8, 4) is 0 Å². The van der Waals surface area contributed by atoms with Crippen LogP contribution in [-0.4, -0.2) is 16.8 Å². The third kappa shape index (κ3) is 1.85. The summed E-state index contributed by atoms with van der Waals surface area (Å²) in [4.78, 5) is 4.69. The minimum absolute atomic E-state index is 0.443. The first-order valence-electron chi connectivity index (χ1n) is 5.10. The highest BCUT2D eigenvalue weighted by Gasteiger charge is 2.17. The van der Waals surface area contributed by atoms with Gasteiger partial charge in [-0.15, -0.1) is 11.8 Å². The summed E-state index contributed by atoms with van der Waals surface area (Å²) in [5, 5.41) is 1.22. The van der Waals surface area contributed by atoms with Crippen LogP contribution in [0.25, 0.3) is 0 Å². The molecule has 0 bridgehead atoms. The second-order valence-electron chi connectivity index (χ2n) is 3.58. The molecule has 1 heterocycles. The molecule has 1 aliphatic heterocycles. The lowest BCUT2D eigenvalue weighted by atomic mass is 9.99. The maximum Gasteiger partial charge on any atom is 0.0982 e. The summed E-state index contributed by atoms with van der Waals surface area (Å²) in [6.07, 6.45) is 1.09. The number of aliphatic imine (C=N–C) groups is 1. The summed E-state index contributed by atoms with van der Waals surface area (Å²) in [7, 11) is 0. The monoisotopic (exact) mass is 205 g/mol. The summed E-state index contributed by atoms with van der Waals surface area (Å²) < 4.78 is 0. The second kappa shape index (κ2) is 4.18. The van der Waals surface area contributed by atoms with E-state index in [9.17, 15) is 0 Å². The zero-order valence-corrected chi connectivity index (χ0v) is 9.47. The molecule has 0 amide bonds. The highest BCUT2D eigenvalue weighted by atomic mass is 32.2. The molecular formula is C12H15NS. The minimum Gasteiger partial charge on any atom is -0.274 e. The van der Waals surface area contributed by atoms with Gasteiger partial charge in [0.25, 0.3) is 0 Å². The van der Waals surface area contributed by atoms with E-state index < -0.39 is 0 Å². The summed E-state index contributed by atoms with van der Waals surface area (Å²) in [6.45, 7) is 4.36. The largest absolute Gasteiger partial charge is 0.274 e. The van der Waals surface area contributed by atoms with Crippen LogP contribution in [0.15, 0.2) is 29.3 Å². The summed E-state index contributed by atoms with van der Waals surface area (Å²) in [5.41, 5.74) is 2.79. The molecule has 2 rings (SSSR count). The van der Waals surface area contributed by atoms with Gasteiger partial charge in [-0.25, -0.2) is 0 Å². The van der Waals surface area contributed by atoms with Gasteiger partial charge in [0.2, 0.25) is 0 Å². The van der Waals surface area contributed by atoms with Crippen molar-refractivity contribution in [1.29, 1.82) is 0 Å². The van der Waals surface area contributed by atoms with Gasteiger partial charge in [-0.3, -0.25) is 4.99 Å². The van der Waals surface area contributed by atoms with E-state index >= 15 is 0 Å². The molecule has 0 radical (unpaired) electrons. The molecule has 0 aliphatic carbocycles. The molecule has 1 nitrogen and oxygen atoms in total. The Morgan fingerprint density at radius 3 is 3.00 bits per heavy atom. The van der Waals surface area contributed by atoms with E-state index in [0.29, 0.717) is 6.04 Å². The second-order valence-corrected chi connectivity index (χ2v) is 4.83. The van der Waals surface area contributed by atoms with Crippen molar-refractivity contribution >= 4 is 16.8 Å². The lowest BCUT2D eigenvalue weighted by Gasteiger charge is -2.20. The molecule has 1 atom stereocenters. The first-order chi connectivity index (χ1) is 6.81.